The number of pyridine rings is 1. The van der Waals surface area contributed by atoms with Gasteiger partial charge in [-0.05, 0) is 60.7 Å². The average molecular weight is 753 g/mol. The first-order valence-corrected chi connectivity index (χ1v) is 17.4. The highest BCUT2D eigenvalue weighted by atomic mass is 19.3. The lowest BCUT2D eigenvalue weighted by Crippen LogP contribution is -2.54. The van der Waals surface area contributed by atoms with Gasteiger partial charge in [-0.15, -0.1) is 0 Å². The zero-order valence-electron chi connectivity index (χ0n) is 29.2. The van der Waals surface area contributed by atoms with Gasteiger partial charge in [0.25, 0.3) is 24.1 Å². The lowest BCUT2D eigenvalue weighted by atomic mass is 9.99. The Morgan fingerprint density at radius 1 is 1.02 bits per heavy atom. The number of imide groups is 2. The Morgan fingerprint density at radius 3 is 2.58 bits per heavy atom. The maximum Gasteiger partial charge on any atom is 0.284 e. The lowest BCUT2D eigenvalue weighted by molar-refractivity contribution is -0.136. The number of piperidine rings is 1. The Hall–Kier alpha value is -6.46. The summed E-state index contributed by atoms with van der Waals surface area (Å²) in [4.78, 5) is 72.1. The fourth-order valence-electron chi connectivity index (χ4n) is 6.37. The molecule has 2 aromatic carbocycles. The van der Waals surface area contributed by atoms with Gasteiger partial charge in [0.15, 0.2) is 11.4 Å². The molecular weight excluding hydrogens is 718 g/mol. The van der Waals surface area contributed by atoms with Crippen LogP contribution < -0.4 is 16.0 Å². The van der Waals surface area contributed by atoms with Crippen molar-refractivity contribution in [3.8, 4) is 17.1 Å². The molecule has 17 heteroatoms. The van der Waals surface area contributed by atoms with Crippen LogP contribution in [0.3, 0.4) is 0 Å². The summed E-state index contributed by atoms with van der Waals surface area (Å²) in [7, 11) is 0. The minimum absolute atomic E-state index is 0.0563. The number of rotatable bonds is 15. The van der Waals surface area contributed by atoms with Crippen molar-refractivity contribution in [2.45, 2.75) is 44.7 Å². The van der Waals surface area contributed by atoms with Crippen LogP contribution in [0, 0.1) is 0 Å². The quantitative estimate of drug-likeness (QED) is 0.102. The topological polar surface area (TPSA) is 191 Å². The third kappa shape index (κ3) is 8.07. The number of nitrogens with zero attached hydrogens (tertiary/aromatic N) is 5. The van der Waals surface area contributed by atoms with Crippen LogP contribution in [-0.2, 0) is 27.3 Å². The predicted octanol–water partition coefficient (Wildman–Crippen LogP) is 4.25. The lowest BCUT2D eigenvalue weighted by Gasteiger charge is -2.27. The van der Waals surface area contributed by atoms with E-state index in [0.717, 1.165) is 16.7 Å². The Balaban J connectivity index is 0.852. The number of nitrogens with one attached hydrogen (secondary N) is 3. The predicted molar refractivity (Wildman–Crippen MR) is 190 cm³/mol. The number of anilines is 1. The van der Waals surface area contributed by atoms with E-state index in [0.29, 0.717) is 61.5 Å². The number of ether oxygens (including phenoxy) is 1. The maximum absolute atomic E-state index is 13.9. The average Bonchev–Trinajstić information content (AvgIpc) is 3.91. The Morgan fingerprint density at radius 2 is 1.82 bits per heavy atom. The Kier molecular flexibility index (Phi) is 10.9. The van der Waals surface area contributed by atoms with Crippen LogP contribution in [0.5, 0.6) is 0 Å². The number of benzene rings is 2. The zero-order chi connectivity index (χ0) is 38.5. The standard InChI is InChI=1S/C38H34F2N8O7/c39-33(40)32-27(43-34(50)28-21-55-36(44-28)24-12-14-41-15-13-24)20-47(46-32)25-8-6-22(7-9-25)19-42-16-18-54-17-2-4-23-3-1-5-26-31(23)38(53)48(37(26)52)29-10-11-30(49)45-35(29)51/h1,3,5-9,12-15,20-21,29,33,42H,2,4,10-11,16-19H2,(H,43,50)(H,45,49,51). The van der Waals surface area contributed by atoms with Gasteiger partial charge in [0.1, 0.15) is 12.3 Å². The van der Waals surface area contributed by atoms with E-state index in [1.165, 1.54) is 10.9 Å². The molecule has 5 heterocycles. The molecule has 1 unspecified atom stereocenters. The molecule has 7 rings (SSSR count). The number of aryl methyl sites for hydroxylation is 1. The van der Waals surface area contributed by atoms with Crippen LogP contribution >= 0.6 is 0 Å². The van der Waals surface area contributed by atoms with Crippen molar-refractivity contribution in [2.24, 2.45) is 0 Å². The molecule has 55 heavy (non-hydrogen) atoms. The largest absolute Gasteiger partial charge is 0.444 e. The SMILES string of the molecule is O=C1CCC(N2C(=O)c3cccc(CCCOCCNCc4ccc(-n5cc(NC(=O)c6coc(-c7ccncc7)n6)c(C(F)F)n5)cc4)c3C2=O)C(=O)N1. The molecule has 0 bridgehead atoms. The van der Waals surface area contributed by atoms with Crippen molar-refractivity contribution in [3.63, 3.8) is 0 Å². The molecule has 1 saturated heterocycles. The van der Waals surface area contributed by atoms with Gasteiger partial charge in [-0.3, -0.25) is 39.2 Å². The molecule has 3 N–H and O–H groups in total. The van der Waals surface area contributed by atoms with Gasteiger partial charge in [-0.1, -0.05) is 24.3 Å². The zero-order valence-corrected chi connectivity index (χ0v) is 29.2. The summed E-state index contributed by atoms with van der Waals surface area (Å²) < 4.78 is 40.2. The van der Waals surface area contributed by atoms with Crippen LogP contribution in [0.15, 0.2) is 83.9 Å². The number of carbonyl (C=O) groups excluding carboxylic acids is 5. The fourth-order valence-corrected chi connectivity index (χ4v) is 6.37. The van der Waals surface area contributed by atoms with Crippen molar-refractivity contribution < 1.29 is 41.9 Å². The van der Waals surface area contributed by atoms with Gasteiger partial charge < -0.3 is 19.8 Å². The van der Waals surface area contributed by atoms with Gasteiger partial charge in [0, 0.05) is 44.1 Å². The summed E-state index contributed by atoms with van der Waals surface area (Å²) in [6, 6.07) is 14.5. The third-order valence-electron chi connectivity index (χ3n) is 9.10. The van der Waals surface area contributed by atoms with E-state index in [2.05, 4.69) is 31.0 Å². The van der Waals surface area contributed by atoms with Gasteiger partial charge in [-0.2, -0.15) is 5.10 Å². The third-order valence-corrected chi connectivity index (χ3v) is 9.10. The first-order chi connectivity index (χ1) is 26.7. The number of fused-ring (bicyclic) bond motifs is 1. The first-order valence-electron chi connectivity index (χ1n) is 17.4. The van der Waals surface area contributed by atoms with Crippen LogP contribution in [0.25, 0.3) is 17.1 Å². The molecule has 1 atom stereocenters. The van der Waals surface area contributed by atoms with Crippen molar-refractivity contribution in [3.05, 3.63) is 113 Å². The summed E-state index contributed by atoms with van der Waals surface area (Å²) >= 11 is 0. The molecule has 5 amide bonds. The van der Waals surface area contributed by atoms with Gasteiger partial charge >= 0.3 is 0 Å². The summed E-state index contributed by atoms with van der Waals surface area (Å²) in [6.07, 6.45) is 3.84. The minimum Gasteiger partial charge on any atom is -0.444 e. The number of alkyl halides is 2. The summed E-state index contributed by atoms with van der Waals surface area (Å²) in [5.41, 5.74) is 2.44. The number of aromatic nitrogens is 4. The van der Waals surface area contributed by atoms with Gasteiger partial charge in [0.05, 0.1) is 35.3 Å². The second-order valence-electron chi connectivity index (χ2n) is 12.7. The normalized spacial score (nSPS) is 15.5. The van der Waals surface area contributed by atoms with Crippen LogP contribution in [0.4, 0.5) is 14.5 Å². The smallest absolute Gasteiger partial charge is 0.284 e. The van der Waals surface area contributed by atoms with E-state index in [1.54, 1.807) is 54.9 Å². The monoisotopic (exact) mass is 752 g/mol. The van der Waals surface area contributed by atoms with Crippen molar-refractivity contribution in [1.82, 2.24) is 35.3 Å². The number of hydrogen-bond donors (Lipinski definition) is 3. The van der Waals surface area contributed by atoms with Gasteiger partial charge in [-0.25, -0.2) is 18.4 Å². The summed E-state index contributed by atoms with van der Waals surface area (Å²) in [6.45, 7) is 1.90. The highest BCUT2D eigenvalue weighted by Gasteiger charge is 2.45. The van der Waals surface area contributed by atoms with Crippen molar-refractivity contribution in [2.75, 3.05) is 25.1 Å². The van der Waals surface area contributed by atoms with E-state index in [1.807, 2.05) is 12.1 Å². The molecule has 2 aliphatic heterocycles. The molecule has 0 saturated carbocycles. The van der Waals surface area contributed by atoms with Crippen LogP contribution in [0.2, 0.25) is 0 Å². The Bertz CT molecular complexity index is 2240. The molecular formula is C38H34F2N8O7. The second kappa shape index (κ2) is 16.3. The molecule has 1 fully saturated rings. The molecule has 3 aromatic heterocycles. The molecule has 2 aliphatic rings. The van der Waals surface area contributed by atoms with E-state index in [9.17, 15) is 32.8 Å². The Labute approximate surface area is 312 Å². The fraction of sp³-hybridized carbons (Fsp3) is 0.263. The number of carbonyl (C=O) groups is 5. The number of amides is 5. The molecule has 282 valence electrons. The second-order valence-corrected chi connectivity index (χ2v) is 12.7. The molecule has 0 spiro atoms. The van der Waals surface area contributed by atoms with Gasteiger partial charge in [0.2, 0.25) is 17.7 Å². The molecule has 0 aliphatic carbocycles. The van der Waals surface area contributed by atoms with E-state index < -0.39 is 47.7 Å². The molecule has 0 radical (unpaired) electrons. The maximum atomic E-state index is 13.9. The van der Waals surface area contributed by atoms with Crippen LogP contribution in [0.1, 0.15) is 73.7 Å². The minimum atomic E-state index is -2.95. The number of halogens is 2. The summed E-state index contributed by atoms with van der Waals surface area (Å²) in [5.74, 6) is -2.68. The first kappa shape index (κ1) is 36.9. The van der Waals surface area contributed by atoms with E-state index in [4.69, 9.17) is 9.15 Å². The highest BCUT2D eigenvalue weighted by molar-refractivity contribution is 6.24. The van der Waals surface area contributed by atoms with Crippen LogP contribution in [-0.4, -0.2) is 80.0 Å². The molecule has 15 nitrogen and oxygen atoms in total. The number of hydrogen-bond acceptors (Lipinski definition) is 11. The number of oxazole rings is 1. The van der Waals surface area contributed by atoms with E-state index in [-0.39, 0.29) is 35.7 Å². The van der Waals surface area contributed by atoms with Crippen molar-refractivity contribution >= 4 is 35.2 Å². The summed E-state index contributed by atoms with van der Waals surface area (Å²) in [5, 5.41) is 11.9. The van der Waals surface area contributed by atoms with Crippen molar-refractivity contribution in [1.29, 1.82) is 0 Å². The molecule has 5 aromatic rings. The highest BCUT2D eigenvalue weighted by Crippen LogP contribution is 2.31. The van der Waals surface area contributed by atoms with E-state index >= 15 is 0 Å².